The lowest BCUT2D eigenvalue weighted by Gasteiger charge is -2.35. The van der Waals surface area contributed by atoms with Gasteiger partial charge < -0.3 is 21.3 Å². The first-order chi connectivity index (χ1) is 13.9. The Morgan fingerprint density at radius 1 is 1.07 bits per heavy atom. The Hall–Kier alpha value is -2.93. The number of urea groups is 1. The van der Waals surface area contributed by atoms with Crippen molar-refractivity contribution >= 4 is 17.6 Å². The number of rotatable bonds is 5. The molecule has 154 valence electrons. The third kappa shape index (κ3) is 5.54. The highest BCUT2D eigenvalue weighted by Gasteiger charge is 2.30. The molecular formula is C22H27FN4O2. The Balaban J connectivity index is 1.46. The first-order valence-corrected chi connectivity index (χ1v) is 9.86. The Morgan fingerprint density at radius 2 is 1.69 bits per heavy atom. The Labute approximate surface area is 170 Å². The van der Waals surface area contributed by atoms with E-state index in [1.165, 1.54) is 24.3 Å². The number of hydrogen-bond acceptors (Lipinski definition) is 3. The molecule has 2 aromatic rings. The van der Waals surface area contributed by atoms with Gasteiger partial charge in [0.05, 0.1) is 5.92 Å². The zero-order valence-electron chi connectivity index (χ0n) is 16.5. The van der Waals surface area contributed by atoms with E-state index in [2.05, 4.69) is 10.6 Å². The predicted molar refractivity (Wildman–Crippen MR) is 111 cm³/mol. The van der Waals surface area contributed by atoms with E-state index in [1.807, 2.05) is 42.2 Å². The van der Waals surface area contributed by atoms with Gasteiger partial charge in [-0.3, -0.25) is 4.79 Å². The molecule has 6 nitrogen and oxygen atoms in total. The molecule has 0 spiro atoms. The van der Waals surface area contributed by atoms with Crippen LogP contribution in [0.2, 0.25) is 0 Å². The van der Waals surface area contributed by atoms with Gasteiger partial charge in [0, 0.05) is 30.9 Å². The molecule has 0 aromatic heterocycles. The molecule has 3 rings (SSSR count). The van der Waals surface area contributed by atoms with Crippen LogP contribution in [0.5, 0.6) is 0 Å². The van der Waals surface area contributed by atoms with Crippen LogP contribution in [0.15, 0.2) is 54.6 Å². The Morgan fingerprint density at radius 3 is 2.31 bits per heavy atom. The number of nitrogens with zero attached hydrogens (tertiary/aromatic N) is 1. The number of benzene rings is 2. The van der Waals surface area contributed by atoms with Crippen LogP contribution in [-0.4, -0.2) is 36.0 Å². The highest BCUT2D eigenvalue weighted by molar-refractivity contribution is 5.89. The van der Waals surface area contributed by atoms with E-state index in [0.717, 1.165) is 5.56 Å². The topological polar surface area (TPSA) is 87.5 Å². The number of hydrogen-bond donors (Lipinski definition) is 3. The summed E-state index contributed by atoms with van der Waals surface area (Å²) in [5.74, 6) is -0.631. The summed E-state index contributed by atoms with van der Waals surface area (Å²) in [7, 11) is 0. The Bertz CT molecular complexity index is 820. The standard InChI is InChI=1S/C22H27FN4O2/c1-15(20(24)16-5-3-2-4-6-16)21(28)27-13-11-19(12-14-27)26-22(29)25-18-9-7-17(23)8-10-18/h2-10,15,19-20H,11-14,24H2,1H3,(H2,25,26,29). The Kier molecular flexibility index (Phi) is 6.82. The highest BCUT2D eigenvalue weighted by Crippen LogP contribution is 2.23. The number of nitrogens with one attached hydrogen (secondary N) is 2. The van der Waals surface area contributed by atoms with E-state index in [-0.39, 0.29) is 35.8 Å². The lowest BCUT2D eigenvalue weighted by atomic mass is 9.93. The number of carbonyl (C=O) groups excluding carboxylic acids is 2. The van der Waals surface area contributed by atoms with Crippen LogP contribution in [0.4, 0.5) is 14.9 Å². The number of piperidine rings is 1. The molecule has 0 aliphatic carbocycles. The molecule has 0 bridgehead atoms. The molecule has 2 unspecified atom stereocenters. The van der Waals surface area contributed by atoms with Crippen molar-refractivity contribution in [3.63, 3.8) is 0 Å². The quantitative estimate of drug-likeness (QED) is 0.722. The van der Waals surface area contributed by atoms with Crippen molar-refractivity contribution < 1.29 is 14.0 Å². The van der Waals surface area contributed by atoms with Crippen molar-refractivity contribution in [2.45, 2.75) is 31.8 Å². The number of likely N-dealkylation sites (tertiary alicyclic amines) is 1. The van der Waals surface area contributed by atoms with Gasteiger partial charge in [-0.25, -0.2) is 9.18 Å². The van der Waals surface area contributed by atoms with Gasteiger partial charge in [-0.1, -0.05) is 37.3 Å². The molecule has 1 aliphatic rings. The second-order valence-electron chi connectivity index (χ2n) is 7.43. The van der Waals surface area contributed by atoms with E-state index in [1.54, 1.807) is 0 Å². The summed E-state index contributed by atoms with van der Waals surface area (Å²) in [6, 6.07) is 14.5. The second-order valence-corrected chi connectivity index (χ2v) is 7.43. The fourth-order valence-corrected chi connectivity index (χ4v) is 3.54. The van der Waals surface area contributed by atoms with Gasteiger partial charge in [-0.2, -0.15) is 0 Å². The van der Waals surface area contributed by atoms with E-state index >= 15 is 0 Å². The zero-order valence-corrected chi connectivity index (χ0v) is 16.5. The molecule has 1 aliphatic heterocycles. The summed E-state index contributed by atoms with van der Waals surface area (Å²) >= 11 is 0. The van der Waals surface area contributed by atoms with Crippen molar-refractivity contribution in [1.82, 2.24) is 10.2 Å². The molecule has 2 atom stereocenters. The van der Waals surface area contributed by atoms with Crippen LogP contribution in [-0.2, 0) is 4.79 Å². The fraction of sp³-hybridized carbons (Fsp3) is 0.364. The third-order valence-electron chi connectivity index (χ3n) is 5.36. The van der Waals surface area contributed by atoms with Crippen molar-refractivity contribution in [3.8, 4) is 0 Å². The monoisotopic (exact) mass is 398 g/mol. The minimum atomic E-state index is -0.353. The molecule has 1 saturated heterocycles. The maximum absolute atomic E-state index is 12.9. The van der Waals surface area contributed by atoms with Gasteiger partial charge in [-0.05, 0) is 42.7 Å². The molecule has 1 heterocycles. The maximum atomic E-state index is 12.9. The van der Waals surface area contributed by atoms with Crippen LogP contribution < -0.4 is 16.4 Å². The lowest BCUT2D eigenvalue weighted by Crippen LogP contribution is -2.49. The van der Waals surface area contributed by atoms with Crippen LogP contribution in [0, 0.1) is 11.7 Å². The third-order valence-corrected chi connectivity index (χ3v) is 5.36. The van der Waals surface area contributed by atoms with Crippen LogP contribution in [0.3, 0.4) is 0 Å². The number of anilines is 1. The molecule has 0 saturated carbocycles. The molecule has 2 aromatic carbocycles. The first kappa shape index (κ1) is 20.8. The summed E-state index contributed by atoms with van der Waals surface area (Å²) < 4.78 is 12.9. The van der Waals surface area contributed by atoms with Gasteiger partial charge >= 0.3 is 6.03 Å². The van der Waals surface area contributed by atoms with Crippen LogP contribution >= 0.6 is 0 Å². The summed E-state index contributed by atoms with van der Waals surface area (Å²) in [5, 5.41) is 5.60. The largest absolute Gasteiger partial charge is 0.342 e. The average molecular weight is 398 g/mol. The summed E-state index contributed by atoms with van der Waals surface area (Å²) in [6.45, 7) is 3.01. The maximum Gasteiger partial charge on any atom is 0.319 e. The summed E-state index contributed by atoms with van der Waals surface area (Å²) in [6.07, 6.45) is 1.35. The van der Waals surface area contributed by atoms with Crippen molar-refractivity contribution in [1.29, 1.82) is 0 Å². The van der Waals surface area contributed by atoms with Gasteiger partial charge in [0.25, 0.3) is 0 Å². The van der Waals surface area contributed by atoms with Gasteiger partial charge in [-0.15, -0.1) is 0 Å². The van der Waals surface area contributed by atoms with E-state index < -0.39 is 0 Å². The first-order valence-electron chi connectivity index (χ1n) is 9.86. The molecule has 7 heteroatoms. The number of nitrogens with two attached hydrogens (primary N) is 1. The number of halogens is 1. The van der Waals surface area contributed by atoms with Gasteiger partial charge in [0.2, 0.25) is 5.91 Å². The zero-order chi connectivity index (χ0) is 20.8. The van der Waals surface area contributed by atoms with E-state index in [9.17, 15) is 14.0 Å². The summed E-state index contributed by atoms with van der Waals surface area (Å²) in [5.41, 5.74) is 7.76. The molecule has 4 N–H and O–H groups in total. The van der Waals surface area contributed by atoms with E-state index in [4.69, 9.17) is 5.73 Å². The van der Waals surface area contributed by atoms with Crippen LogP contribution in [0.1, 0.15) is 31.4 Å². The molecule has 3 amide bonds. The minimum Gasteiger partial charge on any atom is -0.342 e. The number of carbonyl (C=O) groups is 2. The van der Waals surface area contributed by atoms with Crippen molar-refractivity contribution in [3.05, 3.63) is 66.0 Å². The normalized spacial score (nSPS) is 16.7. The minimum absolute atomic E-state index is 0.0161. The highest BCUT2D eigenvalue weighted by atomic mass is 19.1. The second kappa shape index (κ2) is 9.52. The van der Waals surface area contributed by atoms with Crippen molar-refractivity contribution in [2.75, 3.05) is 18.4 Å². The number of amides is 3. The SMILES string of the molecule is CC(C(=O)N1CCC(NC(=O)Nc2ccc(F)cc2)CC1)C(N)c1ccccc1. The molecule has 29 heavy (non-hydrogen) atoms. The van der Waals surface area contributed by atoms with Crippen LogP contribution in [0.25, 0.3) is 0 Å². The van der Waals surface area contributed by atoms with Gasteiger partial charge in [0.15, 0.2) is 0 Å². The fourth-order valence-electron chi connectivity index (χ4n) is 3.54. The molecular weight excluding hydrogens is 371 g/mol. The van der Waals surface area contributed by atoms with E-state index in [0.29, 0.717) is 31.6 Å². The smallest absolute Gasteiger partial charge is 0.319 e. The molecule has 1 fully saturated rings. The predicted octanol–water partition coefficient (Wildman–Crippen LogP) is 3.27. The van der Waals surface area contributed by atoms with Crippen molar-refractivity contribution in [2.24, 2.45) is 11.7 Å². The summed E-state index contributed by atoms with van der Waals surface area (Å²) in [4.78, 5) is 26.8. The average Bonchev–Trinajstić information content (AvgIpc) is 2.75. The lowest BCUT2D eigenvalue weighted by molar-refractivity contribution is -0.136. The molecule has 0 radical (unpaired) electrons. The van der Waals surface area contributed by atoms with Gasteiger partial charge in [0.1, 0.15) is 5.82 Å².